The Bertz CT molecular complexity index is 418. The maximum atomic E-state index is 13.0. The molecule has 1 aliphatic rings. The molecule has 1 aromatic carbocycles. The molecule has 2 unspecified atom stereocenters. The van der Waals surface area contributed by atoms with Crippen molar-refractivity contribution in [3.63, 3.8) is 0 Å². The molecule has 4 heteroatoms. The molecule has 0 radical (unpaired) electrons. The van der Waals surface area contributed by atoms with Crippen molar-refractivity contribution < 1.29 is 13.9 Å². The molecule has 2 N–H and O–H groups in total. The number of benzene rings is 1. The average molecular weight is 269 g/mol. The molecular weight excluding hydrogens is 248 g/mol. The molecule has 1 fully saturated rings. The third-order valence-corrected chi connectivity index (χ3v) is 3.77. The van der Waals surface area contributed by atoms with Gasteiger partial charge in [0.1, 0.15) is 11.6 Å². The van der Waals surface area contributed by atoms with E-state index in [1.165, 1.54) is 12.1 Å². The second kappa shape index (κ2) is 5.97. The van der Waals surface area contributed by atoms with Crippen LogP contribution in [0.25, 0.3) is 0 Å². The Balaban J connectivity index is 1.85. The van der Waals surface area contributed by atoms with Crippen LogP contribution in [0.3, 0.4) is 0 Å². The maximum Gasteiger partial charge on any atom is 0.126 e. The van der Waals surface area contributed by atoms with Gasteiger partial charge in [0.15, 0.2) is 0 Å². The molecule has 19 heavy (non-hydrogen) atoms. The second-order valence-corrected chi connectivity index (χ2v) is 5.81. The van der Waals surface area contributed by atoms with Crippen molar-refractivity contribution in [2.45, 2.75) is 44.8 Å². The lowest BCUT2D eigenvalue weighted by molar-refractivity contribution is -0.0119. The van der Waals surface area contributed by atoms with Crippen LogP contribution in [0.4, 0.5) is 8.78 Å². The van der Waals surface area contributed by atoms with Crippen molar-refractivity contribution in [1.29, 1.82) is 0 Å². The van der Waals surface area contributed by atoms with Crippen LogP contribution in [0.5, 0.6) is 0 Å². The Morgan fingerprint density at radius 1 is 1.32 bits per heavy atom. The van der Waals surface area contributed by atoms with Crippen molar-refractivity contribution in [2.24, 2.45) is 5.92 Å². The molecule has 0 spiro atoms. The topological polar surface area (TPSA) is 32.3 Å². The van der Waals surface area contributed by atoms with Crippen molar-refractivity contribution >= 4 is 0 Å². The maximum absolute atomic E-state index is 13.0. The van der Waals surface area contributed by atoms with Gasteiger partial charge >= 0.3 is 0 Å². The summed E-state index contributed by atoms with van der Waals surface area (Å²) in [6.07, 6.45) is 3.78. The smallest absolute Gasteiger partial charge is 0.126 e. The number of hydrogen-bond donors (Lipinski definition) is 2. The molecule has 0 aromatic heterocycles. The quantitative estimate of drug-likeness (QED) is 0.880. The molecule has 1 aliphatic carbocycles. The first-order chi connectivity index (χ1) is 8.97. The number of nitrogens with one attached hydrogen (secondary N) is 1. The molecule has 0 saturated heterocycles. The molecule has 0 amide bonds. The SMILES string of the molecule is CC1CCCC(O)(CNCc2cc(F)cc(F)c2)C1. The zero-order valence-corrected chi connectivity index (χ0v) is 11.3. The van der Waals surface area contributed by atoms with Gasteiger partial charge in [-0.1, -0.05) is 19.8 Å². The summed E-state index contributed by atoms with van der Waals surface area (Å²) < 4.78 is 26.0. The van der Waals surface area contributed by atoms with Crippen LogP contribution < -0.4 is 5.32 Å². The Morgan fingerprint density at radius 2 is 2.00 bits per heavy atom. The molecule has 0 heterocycles. The van der Waals surface area contributed by atoms with Gasteiger partial charge in [0, 0.05) is 19.2 Å². The fraction of sp³-hybridized carbons (Fsp3) is 0.600. The van der Waals surface area contributed by atoms with E-state index in [9.17, 15) is 13.9 Å². The Kier molecular flexibility index (Phi) is 4.53. The number of aliphatic hydroxyl groups is 1. The standard InChI is InChI=1S/C15H21F2NO/c1-11-3-2-4-15(19,8-11)10-18-9-12-5-13(16)7-14(17)6-12/h5-7,11,18-19H,2-4,8-10H2,1H3. The molecular formula is C15H21F2NO. The van der Waals surface area contributed by atoms with Gasteiger partial charge in [-0.05, 0) is 36.5 Å². The summed E-state index contributed by atoms with van der Waals surface area (Å²) in [5.74, 6) is -0.601. The van der Waals surface area contributed by atoms with E-state index in [1.807, 2.05) is 0 Å². The first kappa shape index (κ1) is 14.4. The molecule has 0 bridgehead atoms. The Morgan fingerprint density at radius 3 is 2.63 bits per heavy atom. The van der Waals surface area contributed by atoms with E-state index >= 15 is 0 Å². The van der Waals surface area contributed by atoms with Gasteiger partial charge in [0.2, 0.25) is 0 Å². The van der Waals surface area contributed by atoms with Gasteiger partial charge < -0.3 is 10.4 Å². The van der Waals surface area contributed by atoms with Crippen molar-refractivity contribution in [2.75, 3.05) is 6.54 Å². The highest BCUT2D eigenvalue weighted by Crippen LogP contribution is 2.31. The normalized spacial score (nSPS) is 27.5. The first-order valence-corrected chi connectivity index (χ1v) is 6.85. The fourth-order valence-corrected chi connectivity index (χ4v) is 2.95. The van der Waals surface area contributed by atoms with Crippen molar-refractivity contribution in [3.8, 4) is 0 Å². The monoisotopic (exact) mass is 269 g/mol. The molecule has 1 aromatic rings. The summed E-state index contributed by atoms with van der Waals surface area (Å²) in [6, 6.07) is 3.48. The Labute approximate surface area is 112 Å². The first-order valence-electron chi connectivity index (χ1n) is 6.85. The van der Waals surface area contributed by atoms with Crippen LogP contribution in [-0.4, -0.2) is 17.3 Å². The zero-order valence-electron chi connectivity index (χ0n) is 11.3. The van der Waals surface area contributed by atoms with Gasteiger partial charge in [0.25, 0.3) is 0 Å². The highest BCUT2D eigenvalue weighted by Gasteiger charge is 2.31. The van der Waals surface area contributed by atoms with E-state index in [-0.39, 0.29) is 0 Å². The average Bonchev–Trinajstić information content (AvgIpc) is 2.26. The predicted octanol–water partition coefficient (Wildman–Crippen LogP) is 3.00. The summed E-state index contributed by atoms with van der Waals surface area (Å²) in [6.45, 7) is 2.98. The minimum atomic E-state index is -0.677. The molecule has 106 valence electrons. The number of halogens is 2. The third kappa shape index (κ3) is 4.25. The summed E-state index contributed by atoms with van der Waals surface area (Å²) in [5.41, 5.74) is -0.117. The van der Waals surface area contributed by atoms with E-state index in [0.29, 0.717) is 24.6 Å². The molecule has 0 aliphatic heterocycles. The van der Waals surface area contributed by atoms with E-state index in [1.54, 1.807) is 0 Å². The van der Waals surface area contributed by atoms with Crippen LogP contribution in [-0.2, 0) is 6.54 Å². The summed E-state index contributed by atoms with van der Waals surface area (Å²) in [4.78, 5) is 0. The van der Waals surface area contributed by atoms with Gasteiger partial charge in [-0.15, -0.1) is 0 Å². The van der Waals surface area contributed by atoms with Crippen LogP contribution in [0, 0.1) is 17.6 Å². The summed E-state index contributed by atoms with van der Waals surface area (Å²) >= 11 is 0. The van der Waals surface area contributed by atoms with Gasteiger partial charge in [0.05, 0.1) is 5.60 Å². The Hall–Kier alpha value is -1.00. The third-order valence-electron chi connectivity index (χ3n) is 3.77. The van der Waals surface area contributed by atoms with Crippen LogP contribution >= 0.6 is 0 Å². The molecule has 2 nitrogen and oxygen atoms in total. The van der Waals surface area contributed by atoms with E-state index in [2.05, 4.69) is 12.2 Å². The molecule has 2 atom stereocenters. The van der Waals surface area contributed by atoms with Gasteiger partial charge in [-0.25, -0.2) is 8.78 Å². The second-order valence-electron chi connectivity index (χ2n) is 5.81. The summed E-state index contributed by atoms with van der Waals surface area (Å²) in [5, 5.41) is 13.5. The van der Waals surface area contributed by atoms with E-state index in [0.717, 1.165) is 31.7 Å². The van der Waals surface area contributed by atoms with Crippen LogP contribution in [0.2, 0.25) is 0 Å². The minimum Gasteiger partial charge on any atom is -0.389 e. The lowest BCUT2D eigenvalue weighted by Crippen LogP contribution is -2.43. The van der Waals surface area contributed by atoms with Crippen LogP contribution in [0.1, 0.15) is 38.2 Å². The molecule has 1 saturated carbocycles. The molecule has 2 rings (SSSR count). The number of hydrogen-bond acceptors (Lipinski definition) is 2. The van der Waals surface area contributed by atoms with Crippen LogP contribution in [0.15, 0.2) is 18.2 Å². The zero-order chi connectivity index (χ0) is 13.9. The van der Waals surface area contributed by atoms with Gasteiger partial charge in [-0.2, -0.15) is 0 Å². The van der Waals surface area contributed by atoms with Gasteiger partial charge in [-0.3, -0.25) is 0 Å². The van der Waals surface area contributed by atoms with E-state index in [4.69, 9.17) is 0 Å². The highest BCUT2D eigenvalue weighted by molar-refractivity contribution is 5.17. The van der Waals surface area contributed by atoms with Crippen molar-refractivity contribution in [3.05, 3.63) is 35.4 Å². The predicted molar refractivity (Wildman–Crippen MR) is 70.6 cm³/mol. The lowest BCUT2D eigenvalue weighted by atomic mass is 9.79. The highest BCUT2D eigenvalue weighted by atomic mass is 19.1. The fourth-order valence-electron chi connectivity index (χ4n) is 2.95. The van der Waals surface area contributed by atoms with E-state index < -0.39 is 17.2 Å². The minimum absolute atomic E-state index is 0.366. The number of rotatable bonds is 4. The summed E-state index contributed by atoms with van der Waals surface area (Å²) in [7, 11) is 0. The largest absolute Gasteiger partial charge is 0.389 e. The lowest BCUT2D eigenvalue weighted by Gasteiger charge is -2.35. The van der Waals surface area contributed by atoms with Crippen molar-refractivity contribution in [1.82, 2.24) is 5.32 Å².